The number of nitrogens with one attached hydrogen (secondary N) is 1. The smallest absolute Gasteiger partial charge is 0.244 e. The van der Waals surface area contributed by atoms with Gasteiger partial charge in [0.1, 0.15) is 6.33 Å². The van der Waals surface area contributed by atoms with Crippen LogP contribution in [0.2, 0.25) is 0 Å². The van der Waals surface area contributed by atoms with Crippen LogP contribution in [0, 0.1) is 12.9 Å². The topological polar surface area (TPSA) is 103 Å². The Morgan fingerprint density at radius 2 is 2.12 bits per heavy atom. The highest BCUT2D eigenvalue weighted by Crippen LogP contribution is 2.09. The van der Waals surface area contributed by atoms with Gasteiger partial charge in [-0.2, -0.15) is 14.6 Å². The first-order valence-corrected chi connectivity index (χ1v) is 7.38. The molecule has 10 heteroatoms. The molecule has 1 amide bonds. The number of rotatable bonds is 5. The Kier molecular flexibility index (Phi) is 4.59. The van der Waals surface area contributed by atoms with E-state index in [9.17, 15) is 9.18 Å². The molecule has 0 unspecified atom stereocenters. The molecule has 0 spiro atoms. The quantitative estimate of drug-likeness (QED) is 0.538. The van der Waals surface area contributed by atoms with Crippen molar-refractivity contribution in [3.05, 3.63) is 53.4 Å². The lowest BCUT2D eigenvalue weighted by atomic mass is 10.1. The van der Waals surface area contributed by atoms with E-state index in [1.807, 2.05) is 0 Å². The van der Waals surface area contributed by atoms with Crippen molar-refractivity contribution < 1.29 is 9.18 Å². The average Bonchev–Trinajstić information content (AvgIpc) is 3.20. The Hall–Kier alpha value is -3.43. The Balaban J connectivity index is 1.58. The summed E-state index contributed by atoms with van der Waals surface area (Å²) >= 11 is 0. The maximum absolute atomic E-state index is 13.7. The lowest BCUT2D eigenvalue weighted by Gasteiger charge is -2.03. The molecule has 9 nitrogen and oxygen atoms in total. The van der Waals surface area contributed by atoms with Gasteiger partial charge in [-0.3, -0.25) is 4.79 Å². The SMILES string of the molecule is Cc1nn(C)c(F)c1/C=N\NC(=O)Cc1ccc(-n2cnnn2)cc1. The van der Waals surface area contributed by atoms with E-state index in [1.54, 1.807) is 31.2 Å². The molecule has 2 heterocycles. The summed E-state index contributed by atoms with van der Waals surface area (Å²) in [7, 11) is 1.50. The number of carbonyl (C=O) groups is 1. The van der Waals surface area contributed by atoms with Gasteiger partial charge in [0.05, 0.1) is 29.6 Å². The zero-order valence-corrected chi connectivity index (χ0v) is 13.6. The summed E-state index contributed by atoms with van der Waals surface area (Å²) in [5.41, 5.74) is 4.70. The molecule has 0 fully saturated rings. The van der Waals surface area contributed by atoms with Gasteiger partial charge in [-0.15, -0.1) is 5.10 Å². The minimum atomic E-state index is -0.506. The number of aryl methyl sites for hydroxylation is 2. The second-order valence-electron chi connectivity index (χ2n) is 5.30. The van der Waals surface area contributed by atoms with Crippen LogP contribution in [-0.2, 0) is 18.3 Å². The Bertz CT molecular complexity index is 899. The number of hydrazone groups is 1. The van der Waals surface area contributed by atoms with Crippen molar-refractivity contribution in [3.8, 4) is 5.69 Å². The molecule has 0 radical (unpaired) electrons. The molecule has 3 aromatic rings. The number of nitrogens with zero attached hydrogens (tertiary/aromatic N) is 7. The summed E-state index contributed by atoms with van der Waals surface area (Å²) in [6.45, 7) is 1.67. The van der Waals surface area contributed by atoms with Crippen LogP contribution in [0.1, 0.15) is 16.8 Å². The summed E-state index contributed by atoms with van der Waals surface area (Å²) in [6, 6.07) is 7.20. The monoisotopic (exact) mass is 342 g/mol. The third kappa shape index (κ3) is 3.74. The second-order valence-corrected chi connectivity index (χ2v) is 5.30. The van der Waals surface area contributed by atoms with Crippen molar-refractivity contribution in [1.29, 1.82) is 0 Å². The molecule has 3 rings (SSSR count). The molecule has 0 aliphatic rings. The van der Waals surface area contributed by atoms with Crippen molar-refractivity contribution in [2.45, 2.75) is 13.3 Å². The number of hydrogen-bond donors (Lipinski definition) is 1. The third-order valence-corrected chi connectivity index (χ3v) is 3.49. The third-order valence-electron chi connectivity index (χ3n) is 3.49. The summed E-state index contributed by atoms with van der Waals surface area (Å²) < 4.78 is 16.4. The van der Waals surface area contributed by atoms with Crippen LogP contribution in [0.3, 0.4) is 0 Å². The van der Waals surface area contributed by atoms with Gasteiger partial charge in [0.25, 0.3) is 0 Å². The van der Waals surface area contributed by atoms with E-state index in [0.717, 1.165) is 15.9 Å². The van der Waals surface area contributed by atoms with Crippen molar-refractivity contribution in [3.63, 3.8) is 0 Å². The van der Waals surface area contributed by atoms with E-state index in [4.69, 9.17) is 0 Å². The van der Waals surface area contributed by atoms with Crippen LogP contribution >= 0.6 is 0 Å². The van der Waals surface area contributed by atoms with Crippen molar-refractivity contribution >= 4 is 12.1 Å². The minimum Gasteiger partial charge on any atom is -0.273 e. The number of benzene rings is 1. The lowest BCUT2D eigenvalue weighted by Crippen LogP contribution is -2.19. The van der Waals surface area contributed by atoms with Crippen LogP contribution in [0.4, 0.5) is 4.39 Å². The highest BCUT2D eigenvalue weighted by Gasteiger charge is 2.10. The minimum absolute atomic E-state index is 0.141. The van der Waals surface area contributed by atoms with E-state index in [0.29, 0.717) is 5.69 Å². The van der Waals surface area contributed by atoms with Crippen LogP contribution in [0.25, 0.3) is 5.69 Å². The summed E-state index contributed by atoms with van der Waals surface area (Å²) in [5.74, 6) is -0.818. The van der Waals surface area contributed by atoms with Crippen LogP contribution in [-0.4, -0.2) is 42.1 Å². The molecule has 0 aliphatic carbocycles. The van der Waals surface area contributed by atoms with Crippen LogP contribution < -0.4 is 5.43 Å². The van der Waals surface area contributed by atoms with Gasteiger partial charge < -0.3 is 0 Å². The first kappa shape index (κ1) is 16.4. The van der Waals surface area contributed by atoms with Crippen molar-refractivity contribution in [2.75, 3.05) is 0 Å². The lowest BCUT2D eigenvalue weighted by molar-refractivity contribution is -0.120. The van der Waals surface area contributed by atoms with Gasteiger partial charge in [-0.25, -0.2) is 14.8 Å². The predicted molar refractivity (Wildman–Crippen MR) is 86.5 cm³/mol. The fourth-order valence-electron chi connectivity index (χ4n) is 2.23. The van der Waals surface area contributed by atoms with Crippen LogP contribution in [0.15, 0.2) is 35.7 Å². The zero-order chi connectivity index (χ0) is 17.8. The maximum Gasteiger partial charge on any atom is 0.244 e. The van der Waals surface area contributed by atoms with E-state index < -0.39 is 5.95 Å². The fraction of sp³-hybridized carbons (Fsp3) is 0.200. The van der Waals surface area contributed by atoms with Gasteiger partial charge >= 0.3 is 0 Å². The highest BCUT2D eigenvalue weighted by molar-refractivity contribution is 5.84. The summed E-state index contributed by atoms with van der Waals surface area (Å²) in [5, 5.41) is 18.6. The maximum atomic E-state index is 13.7. The Labute approximate surface area is 142 Å². The number of halogens is 1. The number of tetrazole rings is 1. The van der Waals surface area contributed by atoms with E-state index >= 15 is 0 Å². The average molecular weight is 342 g/mol. The molecule has 0 saturated carbocycles. The highest BCUT2D eigenvalue weighted by atomic mass is 19.1. The van der Waals surface area contributed by atoms with E-state index in [2.05, 4.69) is 31.2 Å². The summed E-state index contributed by atoms with van der Waals surface area (Å²) in [6.07, 6.45) is 2.87. The van der Waals surface area contributed by atoms with Gasteiger partial charge in [-0.05, 0) is 35.0 Å². The zero-order valence-electron chi connectivity index (χ0n) is 13.6. The van der Waals surface area contributed by atoms with Gasteiger partial charge in [0.15, 0.2) is 0 Å². The standard InChI is InChI=1S/C15H15FN8O/c1-10-13(15(16)23(2)20-10)8-17-19-14(25)7-11-3-5-12(6-4-11)24-9-18-21-22-24/h3-6,8-9H,7H2,1-2H3,(H,19,25)/b17-8-. The molecule has 1 aromatic carbocycles. The molecule has 0 atom stereocenters. The normalized spacial score (nSPS) is 11.2. The summed E-state index contributed by atoms with van der Waals surface area (Å²) in [4.78, 5) is 11.9. The fourth-order valence-corrected chi connectivity index (χ4v) is 2.23. The van der Waals surface area contributed by atoms with Gasteiger partial charge in [-0.1, -0.05) is 12.1 Å². The number of hydrogen-bond acceptors (Lipinski definition) is 6. The number of amides is 1. The molecule has 1 N–H and O–H groups in total. The van der Waals surface area contributed by atoms with Crippen molar-refractivity contribution in [2.24, 2.45) is 12.1 Å². The Morgan fingerprint density at radius 3 is 2.72 bits per heavy atom. The largest absolute Gasteiger partial charge is 0.273 e. The predicted octanol–water partition coefficient (Wildman–Crippen LogP) is 0.536. The molecule has 0 saturated heterocycles. The van der Waals surface area contributed by atoms with Gasteiger partial charge in [0, 0.05) is 7.05 Å². The van der Waals surface area contributed by atoms with Crippen molar-refractivity contribution in [1.82, 2.24) is 35.4 Å². The first-order chi connectivity index (χ1) is 12.0. The first-order valence-electron chi connectivity index (χ1n) is 7.38. The molecule has 0 aliphatic heterocycles. The number of aromatic nitrogens is 6. The van der Waals surface area contributed by atoms with Gasteiger partial charge in [0.2, 0.25) is 11.9 Å². The Morgan fingerprint density at radius 1 is 1.36 bits per heavy atom. The molecule has 0 bridgehead atoms. The molecule has 128 valence electrons. The second kappa shape index (κ2) is 6.99. The molecule has 25 heavy (non-hydrogen) atoms. The molecular formula is C15H15FN8O. The molecule has 2 aromatic heterocycles. The van der Waals surface area contributed by atoms with E-state index in [1.165, 1.54) is 24.3 Å². The van der Waals surface area contributed by atoms with E-state index in [-0.39, 0.29) is 17.9 Å². The van der Waals surface area contributed by atoms with Crippen LogP contribution in [0.5, 0.6) is 0 Å². The number of carbonyl (C=O) groups excluding carboxylic acids is 1. The molecular weight excluding hydrogens is 327 g/mol.